The third kappa shape index (κ3) is 4.50. The molecule has 29 heavy (non-hydrogen) atoms. The minimum Gasteiger partial charge on any atom is -0.493 e. The highest BCUT2D eigenvalue weighted by atomic mass is 19.1. The zero-order chi connectivity index (χ0) is 21.0. The lowest BCUT2D eigenvalue weighted by molar-refractivity contribution is -0.132. The number of halogens is 1. The van der Waals surface area contributed by atoms with Gasteiger partial charge in [0, 0.05) is 12.6 Å². The molecule has 0 N–H and O–H groups in total. The Labute approximate surface area is 167 Å². The number of benzene rings is 2. The summed E-state index contributed by atoms with van der Waals surface area (Å²) >= 11 is 0. The summed E-state index contributed by atoms with van der Waals surface area (Å²) in [6.07, 6.45) is 0. The zero-order valence-electron chi connectivity index (χ0n) is 16.7. The van der Waals surface area contributed by atoms with E-state index in [0.29, 0.717) is 22.9 Å². The molecule has 152 valence electrons. The van der Waals surface area contributed by atoms with Crippen LogP contribution >= 0.6 is 0 Å². The van der Waals surface area contributed by atoms with E-state index in [1.807, 2.05) is 6.92 Å². The molecule has 0 aliphatic carbocycles. The van der Waals surface area contributed by atoms with Crippen molar-refractivity contribution in [2.24, 2.45) is 0 Å². The normalized spacial score (nSPS) is 11.8. The number of hydrogen-bond acceptors (Lipinski definition) is 6. The highest BCUT2D eigenvalue weighted by Gasteiger charge is 2.19. The Bertz CT molecular complexity index is 990. The van der Waals surface area contributed by atoms with Crippen LogP contribution in [0.3, 0.4) is 0 Å². The molecule has 2 aromatic carbocycles. The van der Waals surface area contributed by atoms with Crippen molar-refractivity contribution >= 4 is 5.91 Å². The summed E-state index contributed by atoms with van der Waals surface area (Å²) in [5.41, 5.74) is 1.52. The van der Waals surface area contributed by atoms with Gasteiger partial charge < -0.3 is 14.4 Å². The van der Waals surface area contributed by atoms with E-state index in [1.54, 1.807) is 56.5 Å². The minimum atomic E-state index is -0.315. The van der Waals surface area contributed by atoms with Crippen molar-refractivity contribution in [1.82, 2.24) is 25.1 Å². The van der Waals surface area contributed by atoms with Crippen LogP contribution in [0, 0.1) is 5.82 Å². The summed E-state index contributed by atoms with van der Waals surface area (Å²) < 4.78 is 23.6. The minimum absolute atomic E-state index is 0.0671. The van der Waals surface area contributed by atoms with Crippen LogP contribution in [-0.4, -0.2) is 52.3 Å². The van der Waals surface area contributed by atoms with E-state index in [-0.39, 0.29) is 24.3 Å². The Kier molecular flexibility index (Phi) is 6.06. The fraction of sp³-hybridized carbons (Fsp3) is 0.300. The molecule has 3 aromatic rings. The maximum atomic E-state index is 13.1. The van der Waals surface area contributed by atoms with Gasteiger partial charge in [-0.15, -0.1) is 10.2 Å². The van der Waals surface area contributed by atoms with E-state index in [0.717, 1.165) is 5.56 Å². The third-order valence-corrected chi connectivity index (χ3v) is 4.70. The predicted octanol–water partition coefficient (Wildman–Crippen LogP) is 2.72. The molecule has 0 bridgehead atoms. The summed E-state index contributed by atoms with van der Waals surface area (Å²) in [7, 11) is 4.78. The van der Waals surface area contributed by atoms with Crippen molar-refractivity contribution in [2.45, 2.75) is 19.5 Å². The monoisotopic (exact) mass is 399 g/mol. The Morgan fingerprint density at radius 3 is 2.48 bits per heavy atom. The van der Waals surface area contributed by atoms with E-state index in [9.17, 15) is 9.18 Å². The zero-order valence-corrected chi connectivity index (χ0v) is 16.7. The lowest BCUT2D eigenvalue weighted by atomic mass is 10.1. The van der Waals surface area contributed by atoms with Crippen molar-refractivity contribution in [3.63, 3.8) is 0 Å². The molecule has 0 aliphatic rings. The maximum Gasteiger partial charge on any atom is 0.246 e. The largest absolute Gasteiger partial charge is 0.493 e. The topological polar surface area (TPSA) is 82.4 Å². The second-order valence-electron chi connectivity index (χ2n) is 6.45. The van der Waals surface area contributed by atoms with Crippen LogP contribution in [0.15, 0.2) is 42.5 Å². The standard InChI is InChI=1S/C20H22FN5O3/c1-13(14-5-8-16(21)9-6-14)25(2)19(27)12-26-23-20(22-24-26)15-7-10-17(28-3)18(11-15)29-4/h5-11,13H,12H2,1-4H3/t13-/m0/s1. The Balaban J connectivity index is 1.70. The molecule has 1 atom stereocenters. The van der Waals surface area contributed by atoms with Crippen LogP contribution in [0.25, 0.3) is 11.4 Å². The molecule has 1 amide bonds. The summed E-state index contributed by atoms with van der Waals surface area (Å²) in [5, 5.41) is 12.3. The lowest BCUT2D eigenvalue weighted by Gasteiger charge is -2.25. The summed E-state index contributed by atoms with van der Waals surface area (Å²) in [6, 6.07) is 11.1. The van der Waals surface area contributed by atoms with Gasteiger partial charge in [-0.3, -0.25) is 4.79 Å². The predicted molar refractivity (Wildman–Crippen MR) is 104 cm³/mol. The fourth-order valence-electron chi connectivity index (χ4n) is 2.81. The number of hydrogen-bond donors (Lipinski definition) is 0. The van der Waals surface area contributed by atoms with Crippen LogP contribution in [-0.2, 0) is 11.3 Å². The maximum absolute atomic E-state index is 13.1. The quantitative estimate of drug-likeness (QED) is 0.608. The van der Waals surface area contributed by atoms with Crippen molar-refractivity contribution in [1.29, 1.82) is 0 Å². The number of methoxy groups -OCH3 is 2. The van der Waals surface area contributed by atoms with Crippen LogP contribution in [0.1, 0.15) is 18.5 Å². The van der Waals surface area contributed by atoms with Gasteiger partial charge in [0.15, 0.2) is 11.5 Å². The fourth-order valence-corrected chi connectivity index (χ4v) is 2.81. The smallest absolute Gasteiger partial charge is 0.246 e. The second kappa shape index (κ2) is 8.68. The molecule has 0 aliphatic heterocycles. The molecule has 0 radical (unpaired) electrons. The first kappa shape index (κ1) is 20.2. The van der Waals surface area contributed by atoms with Gasteiger partial charge in [-0.2, -0.15) is 4.80 Å². The average molecular weight is 399 g/mol. The SMILES string of the molecule is COc1ccc(-c2nnn(CC(=O)N(C)[C@@H](C)c3ccc(F)cc3)n2)cc1OC. The Hall–Kier alpha value is -3.49. The number of carbonyl (C=O) groups excluding carboxylic acids is 1. The first-order valence-electron chi connectivity index (χ1n) is 8.94. The molecule has 0 unspecified atom stereocenters. The first-order valence-corrected chi connectivity index (χ1v) is 8.94. The number of carbonyl (C=O) groups is 1. The molecular weight excluding hydrogens is 377 g/mol. The van der Waals surface area contributed by atoms with Crippen molar-refractivity contribution in [3.8, 4) is 22.9 Å². The molecule has 0 fully saturated rings. The molecule has 1 aromatic heterocycles. The number of amides is 1. The molecule has 3 rings (SSSR count). The van der Waals surface area contributed by atoms with Gasteiger partial charge >= 0.3 is 0 Å². The van der Waals surface area contributed by atoms with E-state index >= 15 is 0 Å². The summed E-state index contributed by atoms with van der Waals surface area (Å²) in [5.74, 6) is 0.996. The average Bonchev–Trinajstić information content (AvgIpc) is 3.21. The highest BCUT2D eigenvalue weighted by Crippen LogP contribution is 2.30. The van der Waals surface area contributed by atoms with E-state index < -0.39 is 0 Å². The molecule has 1 heterocycles. The van der Waals surface area contributed by atoms with Gasteiger partial charge in [-0.05, 0) is 48.0 Å². The van der Waals surface area contributed by atoms with Crippen LogP contribution in [0.4, 0.5) is 4.39 Å². The summed E-state index contributed by atoms with van der Waals surface area (Å²) in [4.78, 5) is 15.4. The van der Waals surface area contributed by atoms with E-state index in [2.05, 4.69) is 15.4 Å². The van der Waals surface area contributed by atoms with Gasteiger partial charge in [-0.25, -0.2) is 4.39 Å². The van der Waals surface area contributed by atoms with Gasteiger partial charge in [0.1, 0.15) is 12.4 Å². The molecule has 0 spiro atoms. The van der Waals surface area contributed by atoms with Gasteiger partial charge in [0.05, 0.1) is 20.3 Å². The van der Waals surface area contributed by atoms with Crippen molar-refractivity contribution in [2.75, 3.05) is 21.3 Å². The van der Waals surface area contributed by atoms with Gasteiger partial charge in [0.2, 0.25) is 11.7 Å². The highest BCUT2D eigenvalue weighted by molar-refractivity contribution is 5.76. The molecule has 0 saturated heterocycles. The second-order valence-corrected chi connectivity index (χ2v) is 6.45. The van der Waals surface area contributed by atoms with Crippen molar-refractivity contribution < 1.29 is 18.7 Å². The molecule has 9 heteroatoms. The van der Waals surface area contributed by atoms with Gasteiger partial charge in [-0.1, -0.05) is 12.1 Å². The lowest BCUT2D eigenvalue weighted by Crippen LogP contribution is -2.33. The first-order chi connectivity index (χ1) is 13.9. The Morgan fingerprint density at radius 1 is 1.14 bits per heavy atom. The number of ether oxygens (including phenoxy) is 2. The number of rotatable bonds is 7. The number of nitrogens with zero attached hydrogens (tertiary/aromatic N) is 5. The van der Waals surface area contributed by atoms with Crippen LogP contribution < -0.4 is 9.47 Å². The van der Waals surface area contributed by atoms with E-state index in [1.165, 1.54) is 16.9 Å². The third-order valence-electron chi connectivity index (χ3n) is 4.70. The van der Waals surface area contributed by atoms with Crippen LogP contribution in [0.2, 0.25) is 0 Å². The molecule has 0 saturated carbocycles. The molecular formula is C20H22FN5O3. The summed E-state index contributed by atoms with van der Waals surface area (Å²) in [6.45, 7) is 1.80. The number of tetrazole rings is 1. The number of aromatic nitrogens is 4. The van der Waals surface area contributed by atoms with Crippen molar-refractivity contribution in [3.05, 3.63) is 53.8 Å². The van der Waals surface area contributed by atoms with Crippen LogP contribution in [0.5, 0.6) is 11.5 Å². The number of likely N-dealkylation sites (N-methyl/N-ethyl adjacent to an activating group) is 1. The van der Waals surface area contributed by atoms with E-state index in [4.69, 9.17) is 9.47 Å². The van der Waals surface area contributed by atoms with Gasteiger partial charge in [0.25, 0.3) is 0 Å². The molecule has 8 nitrogen and oxygen atoms in total. The Morgan fingerprint density at radius 2 is 1.83 bits per heavy atom.